The predicted molar refractivity (Wildman–Crippen MR) is 65.4 cm³/mol. The van der Waals surface area contributed by atoms with Gasteiger partial charge in [-0.2, -0.15) is 0 Å². The van der Waals surface area contributed by atoms with Crippen LogP contribution in [0.4, 0.5) is 5.69 Å². The second-order valence-corrected chi connectivity index (χ2v) is 3.93. The third-order valence-corrected chi connectivity index (χ3v) is 2.65. The Morgan fingerprint density at radius 3 is 2.78 bits per heavy atom. The average Bonchev–Trinajstić information content (AvgIpc) is 2.79. The van der Waals surface area contributed by atoms with Crippen LogP contribution in [0.25, 0.3) is 0 Å². The SMILES string of the molecule is CCn1cc([N+](=O)[O-])cc1C(=O)N(C)CCCO. The zero-order chi connectivity index (χ0) is 13.7. The molecule has 0 aliphatic heterocycles. The molecule has 1 amide bonds. The zero-order valence-electron chi connectivity index (χ0n) is 10.5. The van der Waals surface area contributed by atoms with Gasteiger partial charge in [-0.3, -0.25) is 14.9 Å². The summed E-state index contributed by atoms with van der Waals surface area (Å²) in [7, 11) is 1.61. The van der Waals surface area contributed by atoms with Crippen LogP contribution >= 0.6 is 0 Å². The lowest BCUT2D eigenvalue weighted by Crippen LogP contribution is -2.29. The van der Waals surface area contributed by atoms with E-state index >= 15 is 0 Å². The number of rotatable bonds is 6. The number of carbonyl (C=O) groups excluding carboxylic acids is 1. The second-order valence-electron chi connectivity index (χ2n) is 3.93. The summed E-state index contributed by atoms with van der Waals surface area (Å²) in [6.07, 6.45) is 1.84. The minimum absolute atomic E-state index is 0.00651. The Morgan fingerprint density at radius 1 is 1.61 bits per heavy atom. The lowest BCUT2D eigenvalue weighted by Gasteiger charge is -2.17. The molecular weight excluding hydrogens is 238 g/mol. The van der Waals surface area contributed by atoms with Gasteiger partial charge in [-0.1, -0.05) is 0 Å². The molecule has 1 heterocycles. The Kier molecular flexibility index (Phi) is 4.85. The second kappa shape index (κ2) is 6.15. The van der Waals surface area contributed by atoms with Gasteiger partial charge in [-0.05, 0) is 13.3 Å². The number of nitro groups is 1. The first kappa shape index (κ1) is 14.2. The third-order valence-electron chi connectivity index (χ3n) is 2.65. The molecule has 0 atom stereocenters. The highest BCUT2D eigenvalue weighted by molar-refractivity contribution is 5.93. The van der Waals surface area contributed by atoms with Crippen LogP contribution in [0.1, 0.15) is 23.8 Å². The van der Waals surface area contributed by atoms with E-state index in [1.807, 2.05) is 6.92 Å². The van der Waals surface area contributed by atoms with Crippen molar-refractivity contribution in [2.45, 2.75) is 19.9 Å². The van der Waals surface area contributed by atoms with Crippen LogP contribution in [-0.4, -0.2) is 45.6 Å². The number of hydrogen-bond donors (Lipinski definition) is 1. The standard InChI is InChI=1S/C11H17N3O4/c1-3-13-8-9(14(17)18)7-10(13)11(16)12(2)5-4-6-15/h7-8,15H,3-6H2,1-2H3. The van der Waals surface area contributed by atoms with Gasteiger partial charge in [0.15, 0.2) is 0 Å². The number of hydrogen-bond acceptors (Lipinski definition) is 4. The van der Waals surface area contributed by atoms with Gasteiger partial charge in [-0.25, -0.2) is 0 Å². The molecule has 100 valence electrons. The largest absolute Gasteiger partial charge is 0.396 e. The maximum absolute atomic E-state index is 12.1. The van der Waals surface area contributed by atoms with Crippen LogP contribution in [0.15, 0.2) is 12.3 Å². The van der Waals surface area contributed by atoms with Gasteiger partial charge in [0, 0.05) is 32.8 Å². The smallest absolute Gasteiger partial charge is 0.287 e. The Labute approximate surface area is 105 Å². The molecule has 1 aromatic heterocycles. The van der Waals surface area contributed by atoms with E-state index in [1.165, 1.54) is 17.2 Å². The van der Waals surface area contributed by atoms with Crippen LogP contribution in [0.2, 0.25) is 0 Å². The van der Waals surface area contributed by atoms with Gasteiger partial charge in [0.1, 0.15) is 5.69 Å². The van der Waals surface area contributed by atoms with Crippen LogP contribution in [-0.2, 0) is 6.54 Å². The normalized spacial score (nSPS) is 10.4. The number of carbonyl (C=O) groups is 1. The summed E-state index contributed by atoms with van der Waals surface area (Å²) in [5.41, 5.74) is 0.209. The van der Waals surface area contributed by atoms with Crippen LogP contribution in [0, 0.1) is 10.1 Å². The van der Waals surface area contributed by atoms with Crippen molar-refractivity contribution in [3.8, 4) is 0 Å². The van der Waals surface area contributed by atoms with Crippen molar-refractivity contribution in [1.82, 2.24) is 9.47 Å². The summed E-state index contributed by atoms with van der Waals surface area (Å²) in [4.78, 5) is 23.7. The van der Waals surface area contributed by atoms with Crippen molar-refractivity contribution in [1.29, 1.82) is 0 Å². The van der Waals surface area contributed by atoms with E-state index in [0.717, 1.165) is 0 Å². The maximum Gasteiger partial charge on any atom is 0.287 e. The van der Waals surface area contributed by atoms with Crippen LogP contribution < -0.4 is 0 Å². The lowest BCUT2D eigenvalue weighted by atomic mass is 10.3. The molecule has 0 radical (unpaired) electrons. The van der Waals surface area contributed by atoms with Crippen molar-refractivity contribution >= 4 is 11.6 Å². The fraction of sp³-hybridized carbons (Fsp3) is 0.545. The number of aliphatic hydroxyl groups is 1. The molecule has 0 unspecified atom stereocenters. The minimum Gasteiger partial charge on any atom is -0.396 e. The average molecular weight is 255 g/mol. The molecule has 7 nitrogen and oxygen atoms in total. The highest BCUT2D eigenvalue weighted by Gasteiger charge is 2.20. The van der Waals surface area contributed by atoms with E-state index in [9.17, 15) is 14.9 Å². The summed E-state index contributed by atoms with van der Waals surface area (Å²) < 4.78 is 1.55. The molecular formula is C11H17N3O4. The third kappa shape index (κ3) is 3.07. The van der Waals surface area contributed by atoms with E-state index in [1.54, 1.807) is 11.6 Å². The number of amides is 1. The summed E-state index contributed by atoms with van der Waals surface area (Å²) >= 11 is 0. The lowest BCUT2D eigenvalue weighted by molar-refractivity contribution is -0.384. The van der Waals surface area contributed by atoms with Crippen molar-refractivity contribution in [3.63, 3.8) is 0 Å². The Hall–Kier alpha value is -1.89. The molecule has 0 bridgehead atoms. The van der Waals surface area contributed by atoms with E-state index in [0.29, 0.717) is 25.2 Å². The molecule has 0 fully saturated rings. The minimum atomic E-state index is -0.517. The first-order chi connectivity index (χ1) is 8.51. The monoisotopic (exact) mass is 255 g/mol. The predicted octanol–water partition coefficient (Wildman–Crippen LogP) is 0.871. The van der Waals surface area contributed by atoms with Gasteiger partial charge in [0.05, 0.1) is 11.1 Å². The quantitative estimate of drug-likeness (QED) is 0.603. The van der Waals surface area contributed by atoms with Gasteiger partial charge in [0.2, 0.25) is 0 Å². The highest BCUT2D eigenvalue weighted by Crippen LogP contribution is 2.17. The van der Waals surface area contributed by atoms with Gasteiger partial charge in [0.25, 0.3) is 11.6 Å². The van der Waals surface area contributed by atoms with Crippen molar-refractivity contribution in [2.75, 3.05) is 20.2 Å². The summed E-state index contributed by atoms with van der Waals surface area (Å²) in [6, 6.07) is 1.28. The Morgan fingerprint density at radius 2 is 2.28 bits per heavy atom. The fourth-order valence-electron chi connectivity index (χ4n) is 1.64. The van der Waals surface area contributed by atoms with Gasteiger partial charge in [-0.15, -0.1) is 0 Å². The molecule has 0 saturated heterocycles. The Balaban J connectivity index is 2.93. The number of nitrogens with zero attached hydrogens (tertiary/aromatic N) is 3. The summed E-state index contributed by atoms with van der Waals surface area (Å²) in [5, 5.41) is 19.4. The maximum atomic E-state index is 12.1. The van der Waals surface area contributed by atoms with Crippen molar-refractivity contribution in [3.05, 3.63) is 28.1 Å². The molecule has 0 aliphatic rings. The number of aromatic nitrogens is 1. The molecule has 1 aromatic rings. The van der Waals surface area contributed by atoms with E-state index in [2.05, 4.69) is 0 Å². The number of aryl methyl sites for hydroxylation is 1. The molecule has 18 heavy (non-hydrogen) atoms. The molecule has 0 saturated carbocycles. The first-order valence-corrected chi connectivity index (χ1v) is 5.72. The molecule has 1 N–H and O–H groups in total. The number of aliphatic hydroxyl groups excluding tert-OH is 1. The zero-order valence-corrected chi connectivity index (χ0v) is 10.5. The van der Waals surface area contributed by atoms with Crippen molar-refractivity contribution < 1.29 is 14.8 Å². The van der Waals surface area contributed by atoms with Gasteiger partial charge < -0.3 is 14.6 Å². The first-order valence-electron chi connectivity index (χ1n) is 5.72. The van der Waals surface area contributed by atoms with E-state index in [4.69, 9.17) is 5.11 Å². The van der Waals surface area contributed by atoms with E-state index in [-0.39, 0.29) is 18.2 Å². The topological polar surface area (TPSA) is 88.6 Å². The Bertz CT molecular complexity index is 441. The summed E-state index contributed by atoms with van der Waals surface area (Å²) in [5.74, 6) is -0.279. The highest BCUT2D eigenvalue weighted by atomic mass is 16.6. The molecule has 0 aliphatic carbocycles. The fourth-order valence-corrected chi connectivity index (χ4v) is 1.64. The van der Waals surface area contributed by atoms with E-state index < -0.39 is 4.92 Å². The molecule has 7 heteroatoms. The molecule has 0 aromatic carbocycles. The van der Waals surface area contributed by atoms with Crippen LogP contribution in [0.3, 0.4) is 0 Å². The molecule has 0 spiro atoms. The van der Waals surface area contributed by atoms with Crippen LogP contribution in [0.5, 0.6) is 0 Å². The van der Waals surface area contributed by atoms with Crippen molar-refractivity contribution in [2.24, 2.45) is 0 Å². The van der Waals surface area contributed by atoms with Gasteiger partial charge >= 0.3 is 0 Å². The summed E-state index contributed by atoms with van der Waals surface area (Å²) in [6.45, 7) is 2.72. The molecule has 1 rings (SSSR count).